The molecule has 120 valence electrons. The third kappa shape index (κ3) is 6.16. The Bertz CT molecular complexity index is 551. The summed E-state index contributed by atoms with van der Waals surface area (Å²) in [4.78, 5) is 0.328. The van der Waals surface area contributed by atoms with Gasteiger partial charge in [0.15, 0.2) is 0 Å². The molecular formula is C16H28N2O2S. The first-order valence-electron chi connectivity index (χ1n) is 7.52. The second-order valence-electron chi connectivity index (χ2n) is 6.42. The molecule has 0 fully saturated rings. The van der Waals surface area contributed by atoms with Crippen LogP contribution >= 0.6 is 0 Å². The van der Waals surface area contributed by atoms with E-state index in [2.05, 4.69) is 23.9 Å². The summed E-state index contributed by atoms with van der Waals surface area (Å²) in [6.45, 7) is 10.7. The Morgan fingerprint density at radius 2 is 1.90 bits per heavy atom. The Morgan fingerprint density at radius 1 is 1.24 bits per heavy atom. The minimum absolute atomic E-state index is 0.328. The molecule has 0 spiro atoms. The fourth-order valence-corrected chi connectivity index (χ4v) is 3.75. The molecule has 0 amide bonds. The van der Waals surface area contributed by atoms with Crippen LogP contribution in [0.5, 0.6) is 0 Å². The highest BCUT2D eigenvalue weighted by Crippen LogP contribution is 2.18. The van der Waals surface area contributed by atoms with E-state index in [9.17, 15) is 8.42 Å². The number of rotatable bonds is 8. The minimum atomic E-state index is -3.48. The van der Waals surface area contributed by atoms with E-state index in [4.69, 9.17) is 0 Å². The van der Waals surface area contributed by atoms with Gasteiger partial charge in [-0.15, -0.1) is 0 Å². The molecule has 0 radical (unpaired) electrons. The van der Waals surface area contributed by atoms with Gasteiger partial charge in [-0.2, -0.15) is 0 Å². The summed E-state index contributed by atoms with van der Waals surface area (Å²) in [6.07, 6.45) is 1.74. The molecule has 1 aromatic rings. The second-order valence-corrected chi connectivity index (χ2v) is 8.10. The summed E-state index contributed by atoms with van der Waals surface area (Å²) in [5.41, 5.74) is 0.541. The van der Waals surface area contributed by atoms with E-state index in [-0.39, 0.29) is 0 Å². The van der Waals surface area contributed by atoms with Crippen LogP contribution in [0.1, 0.15) is 53.0 Å². The van der Waals surface area contributed by atoms with Crippen molar-refractivity contribution in [3.05, 3.63) is 29.8 Å². The number of hydrogen-bond donors (Lipinski definition) is 2. The Hall–Kier alpha value is -0.910. The topological polar surface area (TPSA) is 58.2 Å². The zero-order chi connectivity index (χ0) is 16.1. The van der Waals surface area contributed by atoms with Gasteiger partial charge in [-0.3, -0.25) is 0 Å². The number of hydrogen-bond acceptors (Lipinski definition) is 3. The van der Waals surface area contributed by atoms with Crippen LogP contribution in [0, 0.1) is 0 Å². The van der Waals surface area contributed by atoms with Crippen molar-refractivity contribution in [3.63, 3.8) is 0 Å². The maximum atomic E-state index is 12.5. The van der Waals surface area contributed by atoms with Crippen molar-refractivity contribution in [1.29, 1.82) is 0 Å². The maximum absolute atomic E-state index is 12.5. The average molecular weight is 312 g/mol. The Labute approximate surface area is 129 Å². The van der Waals surface area contributed by atoms with Crippen LogP contribution in [0.2, 0.25) is 0 Å². The predicted molar refractivity (Wildman–Crippen MR) is 87.7 cm³/mol. The number of benzene rings is 1. The van der Waals surface area contributed by atoms with E-state index in [1.54, 1.807) is 18.2 Å². The van der Waals surface area contributed by atoms with Gasteiger partial charge in [-0.25, -0.2) is 13.1 Å². The zero-order valence-electron chi connectivity index (χ0n) is 13.7. The smallest absolute Gasteiger partial charge is 0.241 e. The minimum Gasteiger partial charge on any atom is -0.310 e. The van der Waals surface area contributed by atoms with Gasteiger partial charge in [0, 0.05) is 18.1 Å². The normalized spacial score (nSPS) is 12.9. The molecule has 1 aromatic carbocycles. The molecule has 0 heterocycles. The standard InChI is InChI=1S/C16H28N2O2S/c1-6-10-16(4,5)18-21(19,20)15-9-7-8-14(11-15)12-17-13(2)3/h7-9,11,13,17-18H,6,10,12H2,1-5H3. The Kier molecular flexibility index (Phi) is 6.38. The summed E-state index contributed by atoms with van der Waals surface area (Å²) in [7, 11) is -3.48. The molecule has 0 aliphatic heterocycles. The van der Waals surface area contributed by atoms with Crippen LogP contribution in [0.25, 0.3) is 0 Å². The second kappa shape index (κ2) is 7.38. The highest BCUT2D eigenvalue weighted by molar-refractivity contribution is 7.89. The lowest BCUT2D eigenvalue weighted by molar-refractivity contribution is 0.417. The first-order chi connectivity index (χ1) is 9.66. The summed E-state index contributed by atoms with van der Waals surface area (Å²) in [5.74, 6) is 0. The molecule has 5 heteroatoms. The summed E-state index contributed by atoms with van der Waals surface area (Å²) in [5, 5.41) is 3.29. The summed E-state index contributed by atoms with van der Waals surface area (Å²) in [6, 6.07) is 7.47. The molecular weight excluding hydrogens is 284 g/mol. The molecule has 0 aliphatic carbocycles. The monoisotopic (exact) mass is 312 g/mol. The predicted octanol–water partition coefficient (Wildman–Crippen LogP) is 3.04. The fourth-order valence-electron chi connectivity index (χ4n) is 2.24. The van der Waals surface area contributed by atoms with Crippen molar-refractivity contribution < 1.29 is 8.42 Å². The lowest BCUT2D eigenvalue weighted by Crippen LogP contribution is -2.43. The van der Waals surface area contributed by atoms with Gasteiger partial charge >= 0.3 is 0 Å². The van der Waals surface area contributed by atoms with Crippen LogP contribution in [0.4, 0.5) is 0 Å². The molecule has 2 N–H and O–H groups in total. The Balaban J connectivity index is 2.91. The van der Waals surface area contributed by atoms with Crippen LogP contribution in [0.15, 0.2) is 29.2 Å². The maximum Gasteiger partial charge on any atom is 0.241 e. The molecule has 0 unspecified atom stereocenters. The number of sulfonamides is 1. The van der Waals surface area contributed by atoms with Gasteiger partial charge in [-0.05, 0) is 38.0 Å². The van der Waals surface area contributed by atoms with Gasteiger partial charge in [0.25, 0.3) is 0 Å². The van der Waals surface area contributed by atoms with E-state index < -0.39 is 15.6 Å². The van der Waals surface area contributed by atoms with Crippen molar-refractivity contribution in [2.75, 3.05) is 0 Å². The number of nitrogens with one attached hydrogen (secondary N) is 2. The highest BCUT2D eigenvalue weighted by Gasteiger charge is 2.25. The third-order valence-electron chi connectivity index (χ3n) is 3.21. The van der Waals surface area contributed by atoms with Crippen LogP contribution in [0.3, 0.4) is 0 Å². The molecule has 0 aromatic heterocycles. The first kappa shape index (κ1) is 18.1. The van der Waals surface area contributed by atoms with Crippen LogP contribution in [-0.4, -0.2) is 20.0 Å². The van der Waals surface area contributed by atoms with E-state index in [0.717, 1.165) is 18.4 Å². The summed E-state index contributed by atoms with van der Waals surface area (Å²) >= 11 is 0. The summed E-state index contributed by atoms with van der Waals surface area (Å²) < 4.78 is 27.8. The van der Waals surface area contributed by atoms with Gasteiger partial charge in [0.2, 0.25) is 10.0 Å². The van der Waals surface area contributed by atoms with Gasteiger partial charge in [0.1, 0.15) is 0 Å². The van der Waals surface area contributed by atoms with E-state index in [0.29, 0.717) is 17.5 Å². The largest absolute Gasteiger partial charge is 0.310 e. The van der Waals surface area contributed by atoms with Gasteiger partial charge in [-0.1, -0.05) is 39.3 Å². The van der Waals surface area contributed by atoms with Crippen molar-refractivity contribution in [1.82, 2.24) is 10.0 Å². The van der Waals surface area contributed by atoms with Gasteiger partial charge < -0.3 is 5.32 Å². The van der Waals surface area contributed by atoms with Crippen molar-refractivity contribution in [2.24, 2.45) is 0 Å². The molecule has 0 aliphatic rings. The lowest BCUT2D eigenvalue weighted by Gasteiger charge is -2.25. The van der Waals surface area contributed by atoms with E-state index in [1.165, 1.54) is 0 Å². The zero-order valence-corrected chi connectivity index (χ0v) is 14.5. The average Bonchev–Trinajstić information content (AvgIpc) is 2.35. The van der Waals surface area contributed by atoms with Crippen molar-refractivity contribution in [3.8, 4) is 0 Å². The Morgan fingerprint density at radius 3 is 2.48 bits per heavy atom. The molecule has 0 saturated heterocycles. The molecule has 21 heavy (non-hydrogen) atoms. The molecule has 1 rings (SSSR count). The van der Waals surface area contributed by atoms with Crippen LogP contribution < -0.4 is 10.0 Å². The molecule has 0 atom stereocenters. The van der Waals surface area contributed by atoms with Crippen molar-refractivity contribution in [2.45, 2.75) is 70.5 Å². The first-order valence-corrected chi connectivity index (χ1v) is 9.01. The molecule has 0 saturated carbocycles. The SMILES string of the molecule is CCCC(C)(C)NS(=O)(=O)c1cccc(CNC(C)C)c1. The molecule has 4 nitrogen and oxygen atoms in total. The lowest BCUT2D eigenvalue weighted by atomic mass is 10.0. The van der Waals surface area contributed by atoms with Gasteiger partial charge in [0.05, 0.1) is 4.90 Å². The molecule has 0 bridgehead atoms. The fraction of sp³-hybridized carbons (Fsp3) is 0.625. The van der Waals surface area contributed by atoms with E-state index in [1.807, 2.05) is 26.8 Å². The van der Waals surface area contributed by atoms with Crippen LogP contribution in [-0.2, 0) is 16.6 Å². The van der Waals surface area contributed by atoms with E-state index >= 15 is 0 Å². The third-order valence-corrected chi connectivity index (χ3v) is 4.90. The van der Waals surface area contributed by atoms with Crippen molar-refractivity contribution >= 4 is 10.0 Å². The quantitative estimate of drug-likeness (QED) is 0.775. The highest BCUT2D eigenvalue weighted by atomic mass is 32.2.